The highest BCUT2D eigenvalue weighted by Gasteiger charge is 2.23. The molecule has 0 bridgehead atoms. The highest BCUT2D eigenvalue weighted by molar-refractivity contribution is 7.92. The molecule has 2 aromatic rings. The minimum Gasteiger partial charge on any atom is -0.324 e. The molecule has 0 atom stereocenters. The van der Waals surface area contributed by atoms with E-state index in [2.05, 4.69) is 5.32 Å². The fraction of sp³-hybridized carbons (Fsp3) is 0.278. The fourth-order valence-electron chi connectivity index (χ4n) is 2.55. The predicted octanol–water partition coefficient (Wildman–Crippen LogP) is 2.45. The first-order valence-corrected chi connectivity index (χ1v) is 12.4. The van der Waals surface area contributed by atoms with Crippen LogP contribution in [0.4, 0.5) is 17.1 Å². The SMILES string of the molecule is Cc1c(Cl)cccc1N(CC(=O)Nc1cccc(N(C)S(C)(=O)=O)c1)S(C)(=O)=O. The van der Waals surface area contributed by atoms with Gasteiger partial charge in [-0.2, -0.15) is 0 Å². The number of carbonyl (C=O) groups excluding carboxylic acids is 1. The summed E-state index contributed by atoms with van der Waals surface area (Å²) < 4.78 is 50.0. The molecule has 0 aliphatic heterocycles. The zero-order chi connectivity index (χ0) is 22.0. The van der Waals surface area contributed by atoms with E-state index in [4.69, 9.17) is 11.6 Å². The Kier molecular flexibility index (Phi) is 6.82. The Morgan fingerprint density at radius 1 is 1.03 bits per heavy atom. The van der Waals surface area contributed by atoms with Crippen LogP contribution in [0, 0.1) is 6.92 Å². The largest absolute Gasteiger partial charge is 0.324 e. The number of hydrogen-bond acceptors (Lipinski definition) is 5. The van der Waals surface area contributed by atoms with Crippen molar-refractivity contribution >= 4 is 54.6 Å². The minimum absolute atomic E-state index is 0.306. The minimum atomic E-state index is -3.76. The van der Waals surface area contributed by atoms with Crippen molar-refractivity contribution < 1.29 is 21.6 Å². The van der Waals surface area contributed by atoms with Crippen LogP contribution < -0.4 is 13.9 Å². The van der Waals surface area contributed by atoms with E-state index in [9.17, 15) is 21.6 Å². The number of amides is 1. The lowest BCUT2D eigenvalue weighted by Crippen LogP contribution is -2.38. The predicted molar refractivity (Wildman–Crippen MR) is 117 cm³/mol. The Balaban J connectivity index is 2.27. The van der Waals surface area contributed by atoms with Crippen molar-refractivity contribution in [2.75, 3.05) is 40.0 Å². The molecular weight excluding hydrogens is 438 g/mol. The molecule has 2 aromatic carbocycles. The highest BCUT2D eigenvalue weighted by atomic mass is 35.5. The smallest absolute Gasteiger partial charge is 0.245 e. The van der Waals surface area contributed by atoms with Crippen LogP contribution in [0.2, 0.25) is 5.02 Å². The fourth-order valence-corrected chi connectivity index (χ4v) is 4.12. The monoisotopic (exact) mass is 459 g/mol. The average Bonchev–Trinajstić information content (AvgIpc) is 2.60. The Hall–Kier alpha value is -2.30. The van der Waals surface area contributed by atoms with Gasteiger partial charge in [-0.1, -0.05) is 23.7 Å². The van der Waals surface area contributed by atoms with E-state index in [-0.39, 0.29) is 0 Å². The summed E-state index contributed by atoms with van der Waals surface area (Å²) in [5, 5.41) is 2.98. The second-order valence-corrected chi connectivity index (χ2v) is 10.8. The van der Waals surface area contributed by atoms with Crippen molar-refractivity contribution in [3.8, 4) is 0 Å². The molecule has 1 amide bonds. The van der Waals surface area contributed by atoms with E-state index in [0.717, 1.165) is 21.1 Å². The van der Waals surface area contributed by atoms with Crippen LogP contribution in [0.15, 0.2) is 42.5 Å². The van der Waals surface area contributed by atoms with Gasteiger partial charge in [0.2, 0.25) is 26.0 Å². The number of rotatable bonds is 7. The van der Waals surface area contributed by atoms with Crippen molar-refractivity contribution in [2.45, 2.75) is 6.92 Å². The van der Waals surface area contributed by atoms with Gasteiger partial charge < -0.3 is 5.32 Å². The summed E-state index contributed by atoms with van der Waals surface area (Å²) in [5.41, 5.74) is 1.53. The van der Waals surface area contributed by atoms with Gasteiger partial charge in [-0.25, -0.2) is 16.8 Å². The summed E-state index contributed by atoms with van der Waals surface area (Å²) >= 11 is 6.08. The van der Waals surface area contributed by atoms with E-state index in [1.807, 2.05) is 0 Å². The molecule has 0 aliphatic carbocycles. The maximum atomic E-state index is 12.5. The van der Waals surface area contributed by atoms with Gasteiger partial charge in [-0.15, -0.1) is 0 Å². The second-order valence-electron chi connectivity index (χ2n) is 6.48. The molecule has 0 heterocycles. The van der Waals surface area contributed by atoms with Gasteiger partial charge in [0.25, 0.3) is 0 Å². The van der Waals surface area contributed by atoms with Gasteiger partial charge in [0, 0.05) is 17.8 Å². The molecule has 1 N–H and O–H groups in total. The van der Waals surface area contributed by atoms with Gasteiger partial charge in [-0.05, 0) is 42.8 Å². The third-order valence-electron chi connectivity index (χ3n) is 4.19. The standard InChI is InChI=1S/C18H22ClN3O5S2/c1-13-16(19)9-6-10-17(13)22(29(4,26)27)12-18(23)20-14-7-5-8-15(11-14)21(2)28(3,24)25/h5-11H,12H2,1-4H3,(H,20,23). The van der Waals surface area contributed by atoms with Crippen LogP contribution in [0.5, 0.6) is 0 Å². The number of nitrogens with zero attached hydrogens (tertiary/aromatic N) is 2. The van der Waals surface area contributed by atoms with E-state index in [0.29, 0.717) is 27.6 Å². The van der Waals surface area contributed by atoms with Crippen molar-refractivity contribution in [1.29, 1.82) is 0 Å². The molecule has 0 aromatic heterocycles. The molecule has 0 radical (unpaired) electrons. The first-order chi connectivity index (χ1) is 13.3. The zero-order valence-corrected chi connectivity index (χ0v) is 18.8. The lowest BCUT2D eigenvalue weighted by Gasteiger charge is -2.24. The van der Waals surface area contributed by atoms with Gasteiger partial charge in [0.1, 0.15) is 6.54 Å². The molecule has 8 nitrogen and oxygen atoms in total. The van der Waals surface area contributed by atoms with Crippen LogP contribution >= 0.6 is 11.6 Å². The molecule has 0 unspecified atom stereocenters. The topological polar surface area (TPSA) is 104 Å². The third-order valence-corrected chi connectivity index (χ3v) is 6.93. The zero-order valence-electron chi connectivity index (χ0n) is 16.4. The molecule has 2 rings (SSSR count). The Labute approximate surface area is 176 Å². The van der Waals surface area contributed by atoms with Crippen LogP contribution in [0.25, 0.3) is 0 Å². The van der Waals surface area contributed by atoms with Gasteiger partial charge in [0.05, 0.1) is 23.9 Å². The highest BCUT2D eigenvalue weighted by Crippen LogP contribution is 2.28. The third kappa shape index (κ3) is 5.84. The Bertz CT molecular complexity index is 1130. The lowest BCUT2D eigenvalue weighted by atomic mass is 10.2. The molecule has 0 aliphatic rings. The number of nitrogens with one attached hydrogen (secondary N) is 1. The molecule has 11 heteroatoms. The Morgan fingerprint density at radius 2 is 1.66 bits per heavy atom. The maximum Gasteiger partial charge on any atom is 0.245 e. The Morgan fingerprint density at radius 3 is 2.24 bits per heavy atom. The van der Waals surface area contributed by atoms with Crippen LogP contribution in [-0.2, 0) is 24.8 Å². The summed E-state index contributed by atoms with van der Waals surface area (Å²) in [5.74, 6) is -0.589. The summed E-state index contributed by atoms with van der Waals surface area (Å²) in [6.07, 6.45) is 2.07. The summed E-state index contributed by atoms with van der Waals surface area (Å²) in [7, 11) is -5.83. The number of halogens is 1. The van der Waals surface area contributed by atoms with Crippen molar-refractivity contribution in [1.82, 2.24) is 0 Å². The maximum absolute atomic E-state index is 12.5. The van der Waals surface area contributed by atoms with Crippen molar-refractivity contribution in [3.63, 3.8) is 0 Å². The number of carbonyl (C=O) groups is 1. The first kappa shape index (κ1) is 23.0. The number of benzene rings is 2. The van der Waals surface area contributed by atoms with Gasteiger partial charge in [0.15, 0.2) is 0 Å². The summed E-state index contributed by atoms with van der Waals surface area (Å²) in [6.45, 7) is 1.20. The van der Waals surface area contributed by atoms with Crippen LogP contribution in [0.1, 0.15) is 5.56 Å². The molecule has 0 saturated heterocycles. The van der Waals surface area contributed by atoms with E-state index < -0.39 is 32.5 Å². The average molecular weight is 460 g/mol. The quantitative estimate of drug-likeness (QED) is 0.684. The lowest BCUT2D eigenvalue weighted by molar-refractivity contribution is -0.114. The second kappa shape index (κ2) is 8.60. The van der Waals surface area contributed by atoms with Gasteiger partial charge >= 0.3 is 0 Å². The van der Waals surface area contributed by atoms with E-state index >= 15 is 0 Å². The van der Waals surface area contributed by atoms with Crippen LogP contribution in [0.3, 0.4) is 0 Å². The molecular formula is C18H22ClN3O5S2. The van der Waals surface area contributed by atoms with E-state index in [1.54, 1.807) is 43.3 Å². The summed E-state index contributed by atoms with van der Waals surface area (Å²) in [6, 6.07) is 11.0. The van der Waals surface area contributed by atoms with Crippen molar-refractivity contribution in [2.24, 2.45) is 0 Å². The van der Waals surface area contributed by atoms with Gasteiger partial charge in [-0.3, -0.25) is 13.4 Å². The molecule has 158 valence electrons. The number of sulfonamides is 2. The molecule has 29 heavy (non-hydrogen) atoms. The molecule has 0 fully saturated rings. The molecule has 0 saturated carbocycles. The number of hydrogen-bond donors (Lipinski definition) is 1. The first-order valence-electron chi connectivity index (χ1n) is 8.37. The summed E-state index contributed by atoms with van der Waals surface area (Å²) in [4.78, 5) is 12.5. The normalized spacial score (nSPS) is 11.8. The molecule has 0 spiro atoms. The van der Waals surface area contributed by atoms with E-state index in [1.165, 1.54) is 13.1 Å². The van der Waals surface area contributed by atoms with Crippen molar-refractivity contribution in [3.05, 3.63) is 53.1 Å². The van der Waals surface area contributed by atoms with Crippen LogP contribution in [-0.4, -0.2) is 48.8 Å². The number of anilines is 3.